The van der Waals surface area contributed by atoms with Gasteiger partial charge < -0.3 is 15.1 Å². The monoisotopic (exact) mass is 345 g/mol. The molecule has 2 N–H and O–H groups in total. The molecule has 25 heavy (non-hydrogen) atoms. The Kier molecular flexibility index (Phi) is 4.61. The van der Waals surface area contributed by atoms with Crippen LogP contribution in [-0.2, 0) is 4.79 Å². The van der Waals surface area contributed by atoms with Crippen LogP contribution in [0.15, 0.2) is 18.3 Å². The van der Waals surface area contributed by atoms with E-state index in [1.807, 2.05) is 6.07 Å². The smallest absolute Gasteiger partial charge is 0.322 e. The van der Waals surface area contributed by atoms with Gasteiger partial charge in [-0.3, -0.25) is 14.9 Å². The molecule has 2 saturated heterocycles. The molecule has 0 aliphatic carbocycles. The van der Waals surface area contributed by atoms with Crippen LogP contribution in [-0.4, -0.2) is 59.4 Å². The third-order valence-corrected chi connectivity index (χ3v) is 5.00. The molecule has 8 heteroatoms. The predicted octanol–water partition coefficient (Wildman–Crippen LogP) is 0.742. The summed E-state index contributed by atoms with van der Waals surface area (Å²) in [5.41, 5.74) is -0.328. The Morgan fingerprint density at radius 2 is 1.92 bits per heavy atom. The van der Waals surface area contributed by atoms with Crippen molar-refractivity contribution in [3.8, 4) is 0 Å². The summed E-state index contributed by atoms with van der Waals surface area (Å²) in [6.45, 7) is 6.68. The lowest BCUT2D eigenvalue weighted by Crippen LogP contribution is -2.55. The highest BCUT2D eigenvalue weighted by Gasteiger charge is 2.48. The van der Waals surface area contributed by atoms with Crippen LogP contribution in [0.1, 0.15) is 37.0 Å². The number of carbonyl (C=O) groups is 3. The molecule has 0 saturated carbocycles. The molecule has 0 unspecified atom stereocenters. The molecule has 1 spiro atoms. The predicted molar refractivity (Wildman–Crippen MR) is 92.3 cm³/mol. The lowest BCUT2D eigenvalue weighted by atomic mass is 9.87. The van der Waals surface area contributed by atoms with Crippen LogP contribution in [0.4, 0.5) is 10.6 Å². The van der Waals surface area contributed by atoms with Gasteiger partial charge in [-0.2, -0.15) is 0 Å². The van der Waals surface area contributed by atoms with E-state index in [1.54, 1.807) is 17.2 Å². The van der Waals surface area contributed by atoms with E-state index >= 15 is 0 Å². The van der Waals surface area contributed by atoms with E-state index in [0.29, 0.717) is 31.5 Å². The maximum atomic E-state index is 12.7. The summed E-state index contributed by atoms with van der Waals surface area (Å²) in [6, 6.07) is 3.19. The van der Waals surface area contributed by atoms with E-state index in [1.165, 1.54) is 0 Å². The first-order chi connectivity index (χ1) is 12.0. The number of hydrogen-bond acceptors (Lipinski definition) is 5. The fourth-order valence-corrected chi connectivity index (χ4v) is 3.40. The number of pyridine rings is 1. The van der Waals surface area contributed by atoms with Crippen LogP contribution in [0.3, 0.4) is 0 Å². The molecule has 3 rings (SSSR count). The molecule has 0 aromatic carbocycles. The van der Waals surface area contributed by atoms with Crippen molar-refractivity contribution < 1.29 is 14.4 Å². The Bertz CT molecular complexity index is 676. The first-order valence-electron chi connectivity index (χ1n) is 8.63. The Labute approximate surface area is 146 Å². The van der Waals surface area contributed by atoms with Crippen molar-refractivity contribution in [2.45, 2.75) is 32.2 Å². The van der Waals surface area contributed by atoms with Crippen LogP contribution in [0.2, 0.25) is 0 Å². The van der Waals surface area contributed by atoms with Crippen LogP contribution in [0.25, 0.3) is 0 Å². The Balaban J connectivity index is 1.65. The molecule has 1 aromatic heterocycles. The molecule has 0 radical (unpaired) electrons. The van der Waals surface area contributed by atoms with Crippen molar-refractivity contribution in [2.24, 2.45) is 0 Å². The fraction of sp³-hybridized carbons (Fsp3) is 0.529. The second-order valence-electron chi connectivity index (χ2n) is 6.36. The minimum atomic E-state index is -0.862. The van der Waals surface area contributed by atoms with Gasteiger partial charge in [0.2, 0.25) is 0 Å². The number of likely N-dealkylation sites (tertiary alicyclic amines) is 1. The number of rotatable bonds is 4. The Hall–Kier alpha value is -2.64. The van der Waals surface area contributed by atoms with Crippen molar-refractivity contribution in [1.82, 2.24) is 20.5 Å². The summed E-state index contributed by atoms with van der Waals surface area (Å²) < 4.78 is 0. The first-order valence-corrected chi connectivity index (χ1v) is 8.63. The van der Waals surface area contributed by atoms with Crippen LogP contribution >= 0.6 is 0 Å². The fourth-order valence-electron chi connectivity index (χ4n) is 3.40. The van der Waals surface area contributed by atoms with Crippen LogP contribution in [0.5, 0.6) is 0 Å². The van der Waals surface area contributed by atoms with E-state index in [4.69, 9.17) is 0 Å². The molecule has 4 amide bonds. The second kappa shape index (κ2) is 6.70. The third-order valence-electron chi connectivity index (χ3n) is 5.00. The van der Waals surface area contributed by atoms with Gasteiger partial charge in [-0.05, 0) is 38.8 Å². The zero-order valence-electron chi connectivity index (χ0n) is 14.5. The van der Waals surface area contributed by atoms with E-state index in [9.17, 15) is 14.4 Å². The molecule has 2 aliphatic rings. The van der Waals surface area contributed by atoms with E-state index in [2.05, 4.69) is 34.4 Å². The Morgan fingerprint density at radius 3 is 2.40 bits per heavy atom. The minimum absolute atomic E-state index is 0.0989. The zero-order valence-corrected chi connectivity index (χ0v) is 14.5. The summed E-state index contributed by atoms with van der Waals surface area (Å²) in [4.78, 5) is 44.2. The number of urea groups is 1. The van der Waals surface area contributed by atoms with Crippen LogP contribution < -0.4 is 15.5 Å². The largest absolute Gasteiger partial charge is 0.357 e. The number of piperidine rings is 1. The number of amides is 4. The number of imide groups is 1. The van der Waals surface area contributed by atoms with Crippen molar-refractivity contribution in [3.63, 3.8) is 0 Å². The summed E-state index contributed by atoms with van der Waals surface area (Å²) in [5, 5.41) is 4.97. The summed E-state index contributed by atoms with van der Waals surface area (Å²) in [5.74, 6) is 0.456. The molecule has 2 fully saturated rings. The number of anilines is 1. The number of nitrogens with zero attached hydrogens (tertiary/aromatic N) is 3. The molecular formula is C17H23N5O3. The summed E-state index contributed by atoms with van der Waals surface area (Å²) in [6.07, 6.45) is 2.44. The van der Waals surface area contributed by atoms with Gasteiger partial charge in [0.15, 0.2) is 0 Å². The Morgan fingerprint density at radius 1 is 1.24 bits per heavy atom. The molecule has 1 aromatic rings. The molecule has 3 heterocycles. The first kappa shape index (κ1) is 17.2. The SMILES string of the molecule is CCN(CC)c1ccc(C(=O)N2CCC3(CC2)NC(=O)NC3=O)cn1. The van der Waals surface area contributed by atoms with Gasteiger partial charge in [0.1, 0.15) is 11.4 Å². The molecule has 0 bridgehead atoms. The van der Waals surface area contributed by atoms with Gasteiger partial charge in [-0.15, -0.1) is 0 Å². The van der Waals surface area contributed by atoms with E-state index < -0.39 is 11.6 Å². The van der Waals surface area contributed by atoms with E-state index in [-0.39, 0.29) is 11.8 Å². The third kappa shape index (κ3) is 3.16. The lowest BCUT2D eigenvalue weighted by Gasteiger charge is -2.37. The molecule has 0 atom stereocenters. The van der Waals surface area contributed by atoms with Gasteiger partial charge in [0.05, 0.1) is 5.56 Å². The number of hydrogen-bond donors (Lipinski definition) is 2. The maximum Gasteiger partial charge on any atom is 0.322 e. The average Bonchev–Trinajstić information content (AvgIpc) is 2.90. The highest BCUT2D eigenvalue weighted by atomic mass is 16.2. The highest BCUT2D eigenvalue weighted by molar-refractivity contribution is 6.07. The standard InChI is InChI=1S/C17H23N5O3/c1-3-21(4-2)13-6-5-12(11-18-13)14(23)22-9-7-17(8-10-22)15(24)19-16(25)20-17/h5-6,11H,3-4,7-10H2,1-2H3,(H2,19,20,24,25). The number of aromatic nitrogens is 1. The van der Waals surface area contributed by atoms with Crippen molar-refractivity contribution in [1.29, 1.82) is 0 Å². The number of nitrogens with one attached hydrogen (secondary N) is 2. The average molecular weight is 345 g/mol. The summed E-state index contributed by atoms with van der Waals surface area (Å²) in [7, 11) is 0. The van der Waals surface area contributed by atoms with Crippen LogP contribution in [0, 0.1) is 0 Å². The topological polar surface area (TPSA) is 94.6 Å². The molecule has 2 aliphatic heterocycles. The minimum Gasteiger partial charge on any atom is -0.357 e. The van der Waals surface area contributed by atoms with Crippen molar-refractivity contribution >= 4 is 23.7 Å². The molecular weight excluding hydrogens is 322 g/mol. The number of carbonyl (C=O) groups excluding carboxylic acids is 3. The van der Waals surface area contributed by atoms with Crippen molar-refractivity contribution in [2.75, 3.05) is 31.1 Å². The van der Waals surface area contributed by atoms with Gasteiger partial charge in [0, 0.05) is 32.4 Å². The molecule has 8 nitrogen and oxygen atoms in total. The zero-order chi connectivity index (χ0) is 18.0. The maximum absolute atomic E-state index is 12.7. The molecule has 134 valence electrons. The highest BCUT2D eigenvalue weighted by Crippen LogP contribution is 2.26. The van der Waals surface area contributed by atoms with Gasteiger partial charge in [-0.1, -0.05) is 0 Å². The quantitative estimate of drug-likeness (QED) is 0.785. The normalized spacial score (nSPS) is 18.9. The lowest BCUT2D eigenvalue weighted by molar-refractivity contribution is -0.125. The second-order valence-corrected chi connectivity index (χ2v) is 6.36. The van der Waals surface area contributed by atoms with Gasteiger partial charge in [0.25, 0.3) is 11.8 Å². The van der Waals surface area contributed by atoms with Gasteiger partial charge >= 0.3 is 6.03 Å². The van der Waals surface area contributed by atoms with E-state index in [0.717, 1.165) is 18.9 Å². The summed E-state index contributed by atoms with van der Waals surface area (Å²) >= 11 is 0. The van der Waals surface area contributed by atoms with Gasteiger partial charge in [-0.25, -0.2) is 9.78 Å². The van der Waals surface area contributed by atoms with Crippen molar-refractivity contribution in [3.05, 3.63) is 23.9 Å².